The molecule has 6 heteroatoms. The van der Waals surface area contributed by atoms with Crippen LogP contribution in [0.2, 0.25) is 5.02 Å². The van der Waals surface area contributed by atoms with Gasteiger partial charge in [-0.05, 0) is 24.6 Å². The highest BCUT2D eigenvalue weighted by Crippen LogP contribution is 2.30. The summed E-state index contributed by atoms with van der Waals surface area (Å²) in [5, 5.41) is 3.65. The number of anilines is 1. The van der Waals surface area contributed by atoms with E-state index in [1.807, 2.05) is 26.8 Å². The molecule has 0 saturated heterocycles. The lowest BCUT2D eigenvalue weighted by atomic mass is 10.2. The first-order valence-corrected chi connectivity index (χ1v) is 6.04. The topological polar surface area (TPSA) is 66.4 Å². The fraction of sp³-hybridized carbons (Fsp3) is 0.364. The van der Waals surface area contributed by atoms with Gasteiger partial charge in [-0.25, -0.2) is 0 Å². The van der Waals surface area contributed by atoms with Crippen LogP contribution in [-0.4, -0.2) is 17.8 Å². The third-order valence-electron chi connectivity index (χ3n) is 1.63. The minimum Gasteiger partial charge on any atom is -0.387 e. The van der Waals surface area contributed by atoms with Gasteiger partial charge in [0.05, 0.1) is 10.6 Å². The highest BCUT2D eigenvalue weighted by Gasteiger charge is 2.04. The minimum absolute atomic E-state index is 0.250. The van der Waals surface area contributed by atoms with Crippen LogP contribution in [0.15, 0.2) is 17.0 Å². The van der Waals surface area contributed by atoms with Crippen molar-refractivity contribution in [3.63, 3.8) is 0 Å². The summed E-state index contributed by atoms with van der Waals surface area (Å²) in [5.41, 5.74) is 1.81. The summed E-state index contributed by atoms with van der Waals surface area (Å²) in [5.74, 6) is 0. The zero-order chi connectivity index (χ0) is 13.8. The second-order valence-electron chi connectivity index (χ2n) is 2.52. The Bertz CT molecular complexity index is 337. The number of aryl methyl sites for hydroxylation is 1. The van der Waals surface area contributed by atoms with Gasteiger partial charge in [-0.2, -0.15) is 9.59 Å². The van der Waals surface area contributed by atoms with Gasteiger partial charge < -0.3 is 9.87 Å². The van der Waals surface area contributed by atoms with Crippen molar-refractivity contribution in [1.82, 2.24) is 0 Å². The second kappa shape index (κ2) is 11.5. The highest BCUT2D eigenvalue weighted by molar-refractivity contribution is 7.94. The lowest BCUT2D eigenvalue weighted by Gasteiger charge is -2.07. The largest absolute Gasteiger partial charge is 0.387 e. The fourth-order valence-corrected chi connectivity index (χ4v) is 1.58. The monoisotopic (exact) mass is 277 g/mol. The Balaban J connectivity index is 0. The van der Waals surface area contributed by atoms with E-state index < -0.39 is 0 Å². The summed E-state index contributed by atoms with van der Waals surface area (Å²) in [4.78, 5) is 17.0. The molecule has 0 aliphatic heterocycles. The number of hydrogen-bond donors (Lipinski definition) is 2. The zero-order valence-electron chi connectivity index (χ0n) is 10.2. The normalized spacial score (nSPS) is 7.88. The van der Waals surface area contributed by atoms with Crippen molar-refractivity contribution in [2.75, 3.05) is 12.4 Å². The van der Waals surface area contributed by atoms with Gasteiger partial charge in [-0.3, -0.25) is 0 Å². The lowest BCUT2D eigenvalue weighted by Crippen LogP contribution is -1.91. The molecule has 1 aromatic rings. The van der Waals surface area contributed by atoms with Gasteiger partial charge in [0, 0.05) is 24.1 Å². The van der Waals surface area contributed by atoms with Crippen LogP contribution in [0.5, 0.6) is 0 Å². The SMILES string of the molecule is CC.CNc1cc(Cl)c(C)cc1SO.O=C=O. The molecule has 0 aliphatic rings. The molecule has 0 unspecified atom stereocenters. The summed E-state index contributed by atoms with van der Waals surface area (Å²) in [6.07, 6.45) is 0.250. The van der Waals surface area contributed by atoms with Gasteiger partial charge in [-0.15, -0.1) is 0 Å². The van der Waals surface area contributed by atoms with E-state index in [4.69, 9.17) is 25.7 Å². The molecule has 17 heavy (non-hydrogen) atoms. The van der Waals surface area contributed by atoms with Crippen molar-refractivity contribution >= 4 is 35.5 Å². The van der Waals surface area contributed by atoms with Crippen molar-refractivity contribution in [2.45, 2.75) is 25.7 Å². The van der Waals surface area contributed by atoms with Crippen LogP contribution in [-0.2, 0) is 9.59 Å². The summed E-state index contributed by atoms with van der Waals surface area (Å²) in [6, 6.07) is 3.65. The molecule has 0 radical (unpaired) electrons. The first-order chi connectivity index (χ1) is 8.10. The predicted octanol–water partition coefficient (Wildman–Crippen LogP) is 3.70. The summed E-state index contributed by atoms with van der Waals surface area (Å²) in [7, 11) is 1.79. The van der Waals surface area contributed by atoms with Crippen molar-refractivity contribution in [3.8, 4) is 0 Å². The number of carbonyl (C=O) groups excluding carboxylic acids is 2. The molecule has 0 fully saturated rings. The van der Waals surface area contributed by atoms with E-state index in [-0.39, 0.29) is 6.15 Å². The third kappa shape index (κ3) is 7.02. The molecule has 0 amide bonds. The summed E-state index contributed by atoms with van der Waals surface area (Å²) >= 11 is 6.61. The second-order valence-corrected chi connectivity index (χ2v) is 3.55. The molecule has 0 spiro atoms. The molecule has 4 nitrogen and oxygen atoms in total. The molecule has 0 atom stereocenters. The van der Waals surface area contributed by atoms with Crippen LogP contribution in [0, 0.1) is 6.92 Å². The van der Waals surface area contributed by atoms with Crippen molar-refractivity contribution < 1.29 is 14.1 Å². The van der Waals surface area contributed by atoms with E-state index in [9.17, 15) is 0 Å². The molecule has 1 rings (SSSR count). The molecule has 0 saturated carbocycles. The lowest BCUT2D eigenvalue weighted by molar-refractivity contribution is -0.191. The van der Waals surface area contributed by atoms with Gasteiger partial charge in [0.25, 0.3) is 0 Å². The van der Waals surface area contributed by atoms with Crippen LogP contribution in [0.3, 0.4) is 0 Å². The Morgan fingerprint density at radius 2 is 1.82 bits per heavy atom. The number of hydrogen-bond acceptors (Lipinski definition) is 5. The average Bonchev–Trinajstić information content (AvgIpc) is 2.35. The molecule has 2 N–H and O–H groups in total. The van der Waals surface area contributed by atoms with Gasteiger partial charge >= 0.3 is 6.15 Å². The van der Waals surface area contributed by atoms with Crippen molar-refractivity contribution in [1.29, 1.82) is 0 Å². The van der Waals surface area contributed by atoms with Crippen LogP contribution in [0.25, 0.3) is 0 Å². The zero-order valence-corrected chi connectivity index (χ0v) is 11.8. The Kier molecular flexibility index (Phi) is 12.4. The molecule has 0 aromatic heterocycles. The maximum Gasteiger partial charge on any atom is 0.373 e. The molecule has 96 valence electrons. The Hall–Kier alpha value is -1.00. The van der Waals surface area contributed by atoms with Crippen LogP contribution in [0.4, 0.5) is 5.69 Å². The fourth-order valence-electron chi connectivity index (χ4n) is 0.926. The van der Waals surface area contributed by atoms with Gasteiger partial charge in [0.1, 0.15) is 0 Å². The number of nitrogens with one attached hydrogen (secondary N) is 1. The van der Waals surface area contributed by atoms with Crippen LogP contribution in [0.1, 0.15) is 19.4 Å². The number of halogens is 1. The third-order valence-corrected chi connectivity index (χ3v) is 2.57. The maximum atomic E-state index is 8.90. The van der Waals surface area contributed by atoms with Gasteiger partial charge in [0.15, 0.2) is 0 Å². The smallest absolute Gasteiger partial charge is 0.373 e. The Morgan fingerprint density at radius 3 is 2.18 bits per heavy atom. The molecule has 0 bridgehead atoms. The minimum atomic E-state index is 0.250. The molecular weight excluding hydrogens is 262 g/mol. The van der Waals surface area contributed by atoms with E-state index in [0.29, 0.717) is 5.02 Å². The van der Waals surface area contributed by atoms with Gasteiger partial charge in [0.2, 0.25) is 0 Å². The van der Waals surface area contributed by atoms with E-state index in [1.165, 1.54) is 0 Å². The quantitative estimate of drug-likeness (QED) is 0.807. The average molecular weight is 278 g/mol. The Morgan fingerprint density at radius 1 is 1.35 bits per heavy atom. The summed E-state index contributed by atoms with van der Waals surface area (Å²) < 4.78 is 8.90. The highest BCUT2D eigenvalue weighted by atomic mass is 35.5. The molecular formula is C11H16ClNO3S. The molecule has 0 heterocycles. The van der Waals surface area contributed by atoms with Crippen LogP contribution < -0.4 is 5.32 Å². The van der Waals surface area contributed by atoms with Gasteiger partial charge in [-0.1, -0.05) is 25.4 Å². The maximum absolute atomic E-state index is 8.90. The molecule has 1 aromatic carbocycles. The van der Waals surface area contributed by atoms with E-state index in [0.717, 1.165) is 28.2 Å². The van der Waals surface area contributed by atoms with Crippen molar-refractivity contribution in [2.24, 2.45) is 0 Å². The first kappa shape index (κ1) is 18.4. The van der Waals surface area contributed by atoms with E-state index in [2.05, 4.69) is 5.32 Å². The molecule has 0 aliphatic carbocycles. The predicted molar refractivity (Wildman–Crippen MR) is 70.6 cm³/mol. The Labute approximate surface area is 111 Å². The van der Waals surface area contributed by atoms with E-state index >= 15 is 0 Å². The standard InChI is InChI=1S/C8H10ClNOS.C2H6.CO2/c1-5-3-8(12-11)7(10-2)4-6(5)9;1-2;2-1-3/h3-4,10-11H,1-2H3;1-2H3;. The first-order valence-electron chi connectivity index (χ1n) is 4.89. The van der Waals surface area contributed by atoms with Crippen LogP contribution >= 0.6 is 23.6 Å². The number of benzene rings is 1. The van der Waals surface area contributed by atoms with Crippen molar-refractivity contribution in [3.05, 3.63) is 22.7 Å². The van der Waals surface area contributed by atoms with E-state index in [1.54, 1.807) is 13.1 Å². The summed E-state index contributed by atoms with van der Waals surface area (Å²) in [6.45, 7) is 5.90. The number of rotatable bonds is 2.